The van der Waals surface area contributed by atoms with E-state index >= 15 is 0 Å². The van der Waals surface area contributed by atoms with Gasteiger partial charge in [0.1, 0.15) is 6.10 Å². The minimum Gasteiger partial charge on any atom is -0.394 e. The van der Waals surface area contributed by atoms with Crippen LogP contribution in [0.5, 0.6) is 0 Å². The highest BCUT2D eigenvalue weighted by Gasteiger charge is 2.52. The molecule has 1 spiro atoms. The topological polar surface area (TPSA) is 77.8 Å². The number of alkyl halides is 1. The van der Waals surface area contributed by atoms with Crippen molar-refractivity contribution >= 4 is 26.0 Å². The van der Waals surface area contributed by atoms with Crippen LogP contribution in [-0.2, 0) is 31.7 Å². The number of aliphatic hydroxyl groups is 1. The third-order valence-electron chi connectivity index (χ3n) is 4.98. The zero-order chi connectivity index (χ0) is 18.5. The number of rotatable bonds is 3. The van der Waals surface area contributed by atoms with Crippen LogP contribution in [0.25, 0.3) is 0 Å². The second kappa shape index (κ2) is 6.45. The van der Waals surface area contributed by atoms with Gasteiger partial charge in [0.2, 0.25) is 5.79 Å². The summed E-state index contributed by atoms with van der Waals surface area (Å²) in [6, 6.07) is 8.55. The molecule has 3 atom stereocenters. The fourth-order valence-corrected chi connectivity index (χ4v) is 5.73. The first-order valence-electron chi connectivity index (χ1n) is 8.48. The second-order valence-electron chi connectivity index (χ2n) is 6.70. The largest absolute Gasteiger partial charge is 0.394 e. The van der Waals surface area contributed by atoms with Crippen LogP contribution in [0.3, 0.4) is 0 Å². The average molecular weight is 442 g/mol. The molecule has 0 amide bonds. The maximum absolute atomic E-state index is 13.1. The molecule has 1 aliphatic carbocycles. The van der Waals surface area contributed by atoms with Crippen molar-refractivity contribution in [1.29, 1.82) is 0 Å². The molecule has 4 rings (SSSR count). The Balaban J connectivity index is 1.80. The van der Waals surface area contributed by atoms with Crippen molar-refractivity contribution in [2.45, 2.75) is 41.4 Å². The summed E-state index contributed by atoms with van der Waals surface area (Å²) in [5, 5.41) is 9.40. The Bertz CT molecular complexity index is 924. The van der Waals surface area contributed by atoms with E-state index in [0.717, 1.165) is 5.56 Å². The second-order valence-corrected chi connectivity index (χ2v) is 9.62. The number of hydrogen-bond acceptors (Lipinski definition) is 5. The fourth-order valence-electron chi connectivity index (χ4n) is 3.61. The van der Waals surface area contributed by atoms with Gasteiger partial charge in [-0.15, -0.1) is 0 Å². The van der Waals surface area contributed by atoms with Gasteiger partial charge in [0, 0.05) is 17.5 Å². The lowest BCUT2D eigenvalue weighted by atomic mass is 9.91. The molecule has 2 heterocycles. The molecule has 1 N–H and O–H groups in total. The normalized spacial score (nSPS) is 28.4. The Morgan fingerprint density at radius 2 is 2.04 bits per heavy atom. The Morgan fingerprint density at radius 1 is 1.31 bits per heavy atom. The van der Waals surface area contributed by atoms with E-state index in [1.54, 1.807) is 36.5 Å². The standard InChI is InChI=1S/C18H20BrNO5S/c1-12-2-4-14(5-3-12)26(22,23)20-9-8-15-16(20)6-7-17(19)18(15)24-11-13(10-21)25-18/h2-5,8-9,13,17,21H,6-7,10-11H2,1H3. The molecule has 0 saturated carbocycles. The molecular formula is C18H20BrNO5S. The minimum absolute atomic E-state index is 0.114. The van der Waals surface area contributed by atoms with E-state index in [1.165, 1.54) is 3.97 Å². The number of ether oxygens (including phenoxy) is 2. The molecule has 3 unspecified atom stereocenters. The van der Waals surface area contributed by atoms with Gasteiger partial charge >= 0.3 is 0 Å². The summed E-state index contributed by atoms with van der Waals surface area (Å²) in [5.74, 6) is -1.06. The van der Waals surface area contributed by atoms with E-state index in [4.69, 9.17) is 9.47 Å². The summed E-state index contributed by atoms with van der Waals surface area (Å²) >= 11 is 3.62. The van der Waals surface area contributed by atoms with E-state index in [1.807, 2.05) is 6.92 Å². The number of hydrogen-bond donors (Lipinski definition) is 1. The molecule has 1 fully saturated rings. The van der Waals surface area contributed by atoms with Crippen molar-refractivity contribution in [3.63, 3.8) is 0 Å². The van der Waals surface area contributed by atoms with E-state index in [2.05, 4.69) is 15.9 Å². The first kappa shape index (κ1) is 18.2. The van der Waals surface area contributed by atoms with Crippen molar-refractivity contribution in [3.8, 4) is 0 Å². The van der Waals surface area contributed by atoms with Crippen LogP contribution in [0, 0.1) is 6.92 Å². The lowest BCUT2D eigenvalue weighted by Crippen LogP contribution is -2.42. The molecule has 1 aromatic carbocycles. The highest BCUT2D eigenvalue weighted by molar-refractivity contribution is 9.09. The SMILES string of the molecule is Cc1ccc(S(=O)(=O)n2ccc3c2CCC(Br)C32OCC(CO)O2)cc1. The van der Waals surface area contributed by atoms with Crippen LogP contribution < -0.4 is 0 Å². The zero-order valence-electron chi connectivity index (χ0n) is 14.3. The third kappa shape index (κ3) is 2.66. The van der Waals surface area contributed by atoms with E-state index in [0.29, 0.717) is 24.1 Å². The quantitative estimate of drug-likeness (QED) is 0.739. The highest BCUT2D eigenvalue weighted by Crippen LogP contribution is 2.47. The van der Waals surface area contributed by atoms with Crippen LogP contribution in [0.1, 0.15) is 23.2 Å². The van der Waals surface area contributed by atoms with Gasteiger partial charge in [-0.2, -0.15) is 0 Å². The van der Waals surface area contributed by atoms with Crippen LogP contribution in [0.4, 0.5) is 0 Å². The van der Waals surface area contributed by atoms with Gasteiger partial charge in [0.05, 0.1) is 22.9 Å². The first-order chi connectivity index (χ1) is 12.4. The summed E-state index contributed by atoms with van der Waals surface area (Å²) in [6.07, 6.45) is 2.39. The number of benzene rings is 1. The number of aliphatic hydroxyl groups excluding tert-OH is 1. The van der Waals surface area contributed by atoms with Crippen LogP contribution in [-0.4, -0.2) is 41.6 Å². The fraction of sp³-hybridized carbons (Fsp3) is 0.444. The lowest BCUT2D eigenvalue weighted by molar-refractivity contribution is -0.183. The van der Waals surface area contributed by atoms with E-state index in [9.17, 15) is 13.5 Å². The number of halogens is 1. The van der Waals surface area contributed by atoms with Gasteiger partial charge in [0.25, 0.3) is 10.0 Å². The van der Waals surface area contributed by atoms with Gasteiger partial charge in [-0.1, -0.05) is 33.6 Å². The Kier molecular flexibility index (Phi) is 4.51. The van der Waals surface area contributed by atoms with E-state index < -0.39 is 21.9 Å². The number of fused-ring (bicyclic) bond motifs is 2. The molecular weight excluding hydrogens is 422 g/mol. The summed E-state index contributed by atoms with van der Waals surface area (Å²) in [6.45, 7) is 2.05. The first-order valence-corrected chi connectivity index (χ1v) is 10.8. The zero-order valence-corrected chi connectivity index (χ0v) is 16.7. The lowest BCUT2D eigenvalue weighted by Gasteiger charge is -2.37. The average Bonchev–Trinajstić information content (AvgIpc) is 3.25. The van der Waals surface area contributed by atoms with Gasteiger partial charge in [-0.05, 0) is 38.0 Å². The molecule has 1 aliphatic heterocycles. The minimum atomic E-state index is -3.70. The molecule has 0 bridgehead atoms. The molecule has 0 radical (unpaired) electrons. The maximum atomic E-state index is 13.1. The molecule has 2 aliphatic rings. The predicted molar refractivity (Wildman–Crippen MR) is 98.8 cm³/mol. The van der Waals surface area contributed by atoms with Crippen molar-refractivity contribution in [2.75, 3.05) is 13.2 Å². The van der Waals surface area contributed by atoms with Gasteiger partial charge < -0.3 is 14.6 Å². The molecule has 26 heavy (non-hydrogen) atoms. The molecule has 8 heteroatoms. The molecule has 2 aromatic rings. The van der Waals surface area contributed by atoms with Crippen molar-refractivity contribution in [2.24, 2.45) is 0 Å². The van der Waals surface area contributed by atoms with Crippen molar-refractivity contribution in [1.82, 2.24) is 3.97 Å². The molecule has 1 aromatic heterocycles. The predicted octanol–water partition coefficient (Wildman–Crippen LogP) is 2.30. The van der Waals surface area contributed by atoms with Gasteiger partial charge in [0.15, 0.2) is 0 Å². The smallest absolute Gasteiger partial charge is 0.267 e. The summed E-state index contributed by atoms with van der Waals surface area (Å²) < 4.78 is 39.5. The summed E-state index contributed by atoms with van der Waals surface area (Å²) in [4.78, 5) is 0.134. The number of aryl methyl sites for hydroxylation is 1. The number of aromatic nitrogens is 1. The Hall–Kier alpha value is -1.19. The summed E-state index contributed by atoms with van der Waals surface area (Å²) in [5.41, 5.74) is 2.37. The van der Waals surface area contributed by atoms with Crippen LogP contribution in [0.2, 0.25) is 0 Å². The Morgan fingerprint density at radius 3 is 2.69 bits per heavy atom. The monoisotopic (exact) mass is 441 g/mol. The van der Waals surface area contributed by atoms with Gasteiger partial charge in [-0.3, -0.25) is 0 Å². The summed E-state index contributed by atoms with van der Waals surface area (Å²) in [7, 11) is -3.70. The van der Waals surface area contributed by atoms with Crippen LogP contribution >= 0.6 is 15.9 Å². The highest BCUT2D eigenvalue weighted by atomic mass is 79.9. The third-order valence-corrected chi connectivity index (χ3v) is 7.77. The molecule has 140 valence electrons. The number of nitrogens with zero attached hydrogens (tertiary/aromatic N) is 1. The van der Waals surface area contributed by atoms with E-state index in [-0.39, 0.29) is 22.9 Å². The van der Waals surface area contributed by atoms with Crippen molar-refractivity contribution in [3.05, 3.63) is 53.3 Å². The van der Waals surface area contributed by atoms with Crippen LogP contribution in [0.15, 0.2) is 41.4 Å². The maximum Gasteiger partial charge on any atom is 0.267 e. The van der Waals surface area contributed by atoms with Gasteiger partial charge in [-0.25, -0.2) is 12.4 Å². The Labute approximate surface area is 160 Å². The molecule has 6 nitrogen and oxygen atoms in total. The van der Waals surface area contributed by atoms with Crippen molar-refractivity contribution < 1.29 is 23.0 Å². The molecule has 1 saturated heterocycles.